The third kappa shape index (κ3) is 4.57. The van der Waals surface area contributed by atoms with Crippen LogP contribution < -0.4 is 4.90 Å². The van der Waals surface area contributed by atoms with Crippen molar-refractivity contribution >= 4 is 38.4 Å². The van der Waals surface area contributed by atoms with E-state index in [0.29, 0.717) is 18.0 Å². The molecule has 3 aliphatic heterocycles. The Hall–Kier alpha value is -2.69. The Balaban J connectivity index is 1.15. The summed E-state index contributed by atoms with van der Waals surface area (Å²) >= 11 is 0. The predicted octanol–water partition coefficient (Wildman–Crippen LogP) is 2.42. The normalized spacial score (nSPS) is 21.3. The first-order valence-electron chi connectivity index (χ1n) is 12.8. The van der Waals surface area contributed by atoms with Gasteiger partial charge in [-0.25, -0.2) is 17.5 Å². The van der Waals surface area contributed by atoms with Crippen LogP contribution in [0.1, 0.15) is 25.7 Å². The quantitative estimate of drug-likeness (QED) is 0.398. The van der Waals surface area contributed by atoms with Crippen LogP contribution in [0.2, 0.25) is 0 Å². The van der Waals surface area contributed by atoms with Crippen LogP contribution in [0.4, 0.5) is 10.5 Å². The van der Waals surface area contributed by atoms with E-state index in [1.165, 1.54) is 9.21 Å². The van der Waals surface area contributed by atoms with E-state index in [9.17, 15) is 18.0 Å². The Labute approximate surface area is 213 Å². The molecule has 0 spiro atoms. The zero-order valence-corrected chi connectivity index (χ0v) is 21.9. The van der Waals surface area contributed by atoms with Gasteiger partial charge in [-0.15, -0.1) is 0 Å². The van der Waals surface area contributed by atoms with Gasteiger partial charge in [-0.05, 0) is 55.8 Å². The number of hydrogen-bond acceptors (Lipinski definition) is 6. The largest absolute Gasteiger partial charge is 0.368 e. The molecular weight excluding hydrogens is 478 g/mol. The lowest BCUT2D eigenvalue weighted by atomic mass is 10.1. The van der Waals surface area contributed by atoms with E-state index in [2.05, 4.69) is 15.9 Å². The Morgan fingerprint density at radius 1 is 0.944 bits per heavy atom. The van der Waals surface area contributed by atoms with Gasteiger partial charge in [0.25, 0.3) is 5.91 Å². The lowest BCUT2D eigenvalue weighted by Gasteiger charge is -2.36. The first kappa shape index (κ1) is 25.0. The molecule has 0 radical (unpaired) electrons. The van der Waals surface area contributed by atoms with Crippen molar-refractivity contribution in [3.8, 4) is 0 Å². The number of carbonyl (C=O) groups excluding carboxylic acids is 2. The Bertz CT molecular complexity index is 1230. The third-order valence-corrected chi connectivity index (χ3v) is 9.52. The smallest absolute Gasteiger partial charge is 0.327 e. The summed E-state index contributed by atoms with van der Waals surface area (Å²) in [5, 5.41) is 1.98. The molecule has 1 atom stereocenters. The van der Waals surface area contributed by atoms with Crippen molar-refractivity contribution in [2.75, 3.05) is 64.8 Å². The Morgan fingerprint density at radius 2 is 1.69 bits per heavy atom. The summed E-state index contributed by atoms with van der Waals surface area (Å²) in [4.78, 5) is 33.2. The lowest BCUT2D eigenvalue weighted by molar-refractivity contribution is -0.128. The number of sulfonamides is 1. The van der Waals surface area contributed by atoms with Gasteiger partial charge in [0.1, 0.15) is 6.04 Å². The fraction of sp³-hybridized carbons (Fsp3) is 0.538. The molecular formula is C26H35N5O4S. The fourth-order valence-electron chi connectivity index (χ4n) is 5.59. The number of nitrogens with zero attached hydrogens (tertiary/aromatic N) is 5. The molecule has 0 saturated carbocycles. The molecule has 0 bridgehead atoms. The van der Waals surface area contributed by atoms with E-state index in [-0.39, 0.29) is 18.0 Å². The van der Waals surface area contributed by atoms with Gasteiger partial charge in [-0.1, -0.05) is 18.2 Å². The molecule has 3 fully saturated rings. The molecule has 0 N–H and O–H groups in total. The highest BCUT2D eigenvalue weighted by Crippen LogP contribution is 2.31. The van der Waals surface area contributed by atoms with Crippen molar-refractivity contribution in [1.82, 2.24) is 19.0 Å². The average Bonchev–Trinajstić information content (AvgIpc) is 3.45. The summed E-state index contributed by atoms with van der Waals surface area (Å²) in [6, 6.07) is 11.1. The van der Waals surface area contributed by atoms with Crippen molar-refractivity contribution in [3.63, 3.8) is 0 Å². The molecule has 9 nitrogen and oxygen atoms in total. The molecule has 3 amide bonds. The number of benzene rings is 2. The zero-order chi connectivity index (χ0) is 25.4. The minimum atomic E-state index is -3.50. The number of amides is 3. The number of urea groups is 1. The second-order valence-corrected chi connectivity index (χ2v) is 12.3. The molecule has 2 aromatic carbocycles. The van der Waals surface area contributed by atoms with Crippen LogP contribution in [-0.4, -0.2) is 105 Å². The minimum Gasteiger partial charge on any atom is -0.368 e. The van der Waals surface area contributed by atoms with Gasteiger partial charge in [0.2, 0.25) is 10.0 Å². The van der Waals surface area contributed by atoms with Crippen LogP contribution in [0.15, 0.2) is 41.3 Å². The van der Waals surface area contributed by atoms with Gasteiger partial charge in [0, 0.05) is 64.4 Å². The minimum absolute atomic E-state index is 0.0114. The molecule has 1 unspecified atom stereocenters. The fourth-order valence-corrected chi connectivity index (χ4v) is 6.52. The number of anilines is 1. The van der Waals surface area contributed by atoms with Gasteiger partial charge in [-0.2, -0.15) is 0 Å². The molecule has 194 valence electrons. The van der Waals surface area contributed by atoms with E-state index in [1.54, 1.807) is 31.1 Å². The summed E-state index contributed by atoms with van der Waals surface area (Å²) in [6.45, 7) is 5.73. The third-order valence-electron chi connectivity index (χ3n) is 7.71. The highest BCUT2D eigenvalue weighted by molar-refractivity contribution is 7.89. The summed E-state index contributed by atoms with van der Waals surface area (Å²) in [5.41, 5.74) is 1.06. The first-order valence-corrected chi connectivity index (χ1v) is 14.3. The van der Waals surface area contributed by atoms with E-state index in [4.69, 9.17) is 0 Å². The molecule has 5 rings (SSSR count). The predicted molar refractivity (Wildman–Crippen MR) is 140 cm³/mol. The highest BCUT2D eigenvalue weighted by atomic mass is 32.2. The zero-order valence-electron chi connectivity index (χ0n) is 21.1. The second kappa shape index (κ2) is 9.99. The Morgan fingerprint density at radius 3 is 2.42 bits per heavy atom. The number of rotatable bonds is 8. The molecule has 3 aliphatic rings. The lowest BCUT2D eigenvalue weighted by Crippen LogP contribution is -2.46. The Kier molecular flexibility index (Phi) is 6.93. The number of carbonyl (C=O) groups is 2. The number of fused-ring (bicyclic) bond motifs is 2. The van der Waals surface area contributed by atoms with E-state index >= 15 is 0 Å². The van der Waals surface area contributed by atoms with Crippen LogP contribution >= 0.6 is 0 Å². The van der Waals surface area contributed by atoms with Crippen molar-refractivity contribution < 1.29 is 18.0 Å². The number of piperazine rings is 1. The van der Waals surface area contributed by atoms with Crippen LogP contribution in [0.25, 0.3) is 10.8 Å². The second-order valence-electron chi connectivity index (χ2n) is 10.1. The maximum absolute atomic E-state index is 12.7. The topological polar surface area (TPSA) is 84.5 Å². The SMILES string of the molecule is CN(C)S(=O)(=O)c1ccc2cccc(N3CCN(CCCCN4C(=O)C5CCCN5C4=O)CC3)c2c1. The van der Waals surface area contributed by atoms with Gasteiger partial charge >= 0.3 is 6.03 Å². The van der Waals surface area contributed by atoms with Crippen molar-refractivity contribution in [3.05, 3.63) is 36.4 Å². The molecule has 0 aromatic heterocycles. The molecule has 0 aliphatic carbocycles. The van der Waals surface area contributed by atoms with Gasteiger partial charge in [0.05, 0.1) is 4.90 Å². The molecule has 10 heteroatoms. The first-order chi connectivity index (χ1) is 17.3. The van der Waals surface area contributed by atoms with E-state index in [0.717, 1.165) is 74.9 Å². The molecule has 3 saturated heterocycles. The highest BCUT2D eigenvalue weighted by Gasteiger charge is 2.46. The molecule has 2 aromatic rings. The summed E-state index contributed by atoms with van der Waals surface area (Å²) < 4.78 is 26.6. The summed E-state index contributed by atoms with van der Waals surface area (Å²) in [5.74, 6) is -0.0114. The average molecular weight is 514 g/mol. The van der Waals surface area contributed by atoms with Crippen LogP contribution in [0, 0.1) is 0 Å². The number of hydrogen-bond donors (Lipinski definition) is 0. The monoisotopic (exact) mass is 513 g/mol. The number of imide groups is 1. The van der Waals surface area contributed by atoms with Crippen LogP contribution in [-0.2, 0) is 14.8 Å². The van der Waals surface area contributed by atoms with Crippen molar-refractivity contribution in [1.29, 1.82) is 0 Å². The van der Waals surface area contributed by atoms with Gasteiger partial charge in [-0.3, -0.25) is 14.6 Å². The summed E-state index contributed by atoms with van der Waals surface area (Å²) in [6.07, 6.45) is 3.50. The number of unbranched alkanes of at least 4 members (excludes halogenated alkanes) is 1. The van der Waals surface area contributed by atoms with E-state index in [1.807, 2.05) is 18.2 Å². The van der Waals surface area contributed by atoms with E-state index < -0.39 is 10.0 Å². The standard InChI is InChI=1S/C26H35N5O4S/c1-27(2)36(34,35)21-11-10-20-7-5-8-23(22(20)19-21)29-17-15-28(16-18-29)12-3-4-13-31-25(32)24-9-6-14-30(24)26(31)33/h5,7-8,10-11,19,24H,3-4,6,9,12-18H2,1-2H3. The summed E-state index contributed by atoms with van der Waals surface area (Å²) in [7, 11) is -0.396. The molecule has 36 heavy (non-hydrogen) atoms. The van der Waals surface area contributed by atoms with Gasteiger partial charge < -0.3 is 9.80 Å². The molecule has 3 heterocycles. The van der Waals surface area contributed by atoms with Crippen LogP contribution in [0.5, 0.6) is 0 Å². The van der Waals surface area contributed by atoms with Crippen molar-refractivity contribution in [2.45, 2.75) is 36.6 Å². The maximum Gasteiger partial charge on any atom is 0.327 e. The maximum atomic E-state index is 12.7. The van der Waals surface area contributed by atoms with Gasteiger partial charge in [0.15, 0.2) is 0 Å². The van der Waals surface area contributed by atoms with Crippen molar-refractivity contribution in [2.24, 2.45) is 0 Å². The van der Waals surface area contributed by atoms with Crippen LogP contribution in [0.3, 0.4) is 0 Å².